The van der Waals surface area contributed by atoms with Gasteiger partial charge in [0.1, 0.15) is 29.2 Å². The van der Waals surface area contributed by atoms with E-state index in [1.165, 1.54) is 22.3 Å². The van der Waals surface area contributed by atoms with E-state index in [2.05, 4.69) is 20.6 Å². The number of aromatic nitrogens is 2. The van der Waals surface area contributed by atoms with E-state index in [0.717, 1.165) is 22.0 Å². The number of amides is 3. The molecule has 2 N–H and O–H groups in total. The second-order valence-electron chi connectivity index (χ2n) is 12.9. The maximum absolute atomic E-state index is 14.3. The van der Waals surface area contributed by atoms with E-state index >= 15 is 0 Å². The number of carbonyl (C=O) groups is 3. The Balaban J connectivity index is 0.905. The van der Waals surface area contributed by atoms with Crippen molar-refractivity contribution in [1.82, 2.24) is 20.2 Å². The van der Waals surface area contributed by atoms with Gasteiger partial charge in [-0.25, -0.2) is 9.97 Å². The summed E-state index contributed by atoms with van der Waals surface area (Å²) in [5.41, 5.74) is 2.88. The number of hydrogen-bond acceptors (Lipinski definition) is 10. The largest absolute Gasteiger partial charge is 0.491 e. The average Bonchev–Trinajstić information content (AvgIpc) is 3.70. The third-order valence-electron chi connectivity index (χ3n) is 9.05. The van der Waals surface area contributed by atoms with E-state index in [4.69, 9.17) is 9.47 Å². The lowest BCUT2D eigenvalue weighted by Gasteiger charge is -2.29. The molecule has 53 heavy (non-hydrogen) atoms. The molecule has 0 radical (unpaired) electrons. The van der Waals surface area contributed by atoms with Crippen LogP contribution in [0.2, 0.25) is 0 Å². The van der Waals surface area contributed by atoms with Crippen molar-refractivity contribution in [3.63, 3.8) is 0 Å². The minimum absolute atomic E-state index is 0.0213. The summed E-state index contributed by atoms with van der Waals surface area (Å²) < 4.78 is 55.2. The summed E-state index contributed by atoms with van der Waals surface area (Å²) in [7, 11) is 3.69. The molecule has 0 saturated carbocycles. The smallest absolute Gasteiger partial charge is 0.417 e. The van der Waals surface area contributed by atoms with E-state index in [1.54, 1.807) is 48.7 Å². The Morgan fingerprint density at radius 3 is 2.53 bits per heavy atom. The van der Waals surface area contributed by atoms with Crippen LogP contribution in [0.15, 0.2) is 72.9 Å². The molecule has 15 heteroatoms. The van der Waals surface area contributed by atoms with Gasteiger partial charge in [-0.15, -0.1) is 11.3 Å². The third kappa shape index (κ3) is 7.81. The van der Waals surface area contributed by atoms with Crippen LogP contribution < -0.4 is 20.3 Å². The molecule has 0 aliphatic carbocycles. The number of carbonyl (C=O) groups excluding carboxylic acids is 3. The number of benzene rings is 3. The molecular weight excluding hydrogens is 710 g/mol. The zero-order valence-corrected chi connectivity index (χ0v) is 29.6. The van der Waals surface area contributed by atoms with Crippen LogP contribution in [0.4, 0.5) is 24.7 Å². The summed E-state index contributed by atoms with van der Waals surface area (Å²) in [5.74, 6) is 0.255. The van der Waals surface area contributed by atoms with Gasteiger partial charge in [-0.05, 0) is 72.1 Å². The number of thiazole rings is 1. The van der Waals surface area contributed by atoms with Crippen LogP contribution in [0.25, 0.3) is 31.9 Å². The first-order valence-corrected chi connectivity index (χ1v) is 17.7. The van der Waals surface area contributed by atoms with Gasteiger partial charge in [-0.1, -0.05) is 12.1 Å². The molecule has 0 bridgehead atoms. The number of hydrogen-bond donors (Lipinski definition) is 2. The Bertz CT molecular complexity index is 2190. The van der Waals surface area contributed by atoms with Crippen LogP contribution >= 0.6 is 11.3 Å². The van der Waals surface area contributed by atoms with Gasteiger partial charge < -0.3 is 24.6 Å². The molecule has 2 aromatic heterocycles. The average molecular weight is 745 g/mol. The van der Waals surface area contributed by atoms with E-state index in [0.29, 0.717) is 60.0 Å². The summed E-state index contributed by atoms with van der Waals surface area (Å²) in [6, 6.07) is 17.8. The van der Waals surface area contributed by atoms with Crippen molar-refractivity contribution in [2.75, 3.05) is 50.7 Å². The zero-order valence-electron chi connectivity index (χ0n) is 28.8. The van der Waals surface area contributed by atoms with Gasteiger partial charge in [0, 0.05) is 62.2 Å². The number of fused-ring (bicyclic) bond motifs is 2. The Labute approximate surface area is 306 Å². The topological polar surface area (TPSA) is 126 Å². The van der Waals surface area contributed by atoms with Crippen LogP contribution in [0.1, 0.15) is 34.3 Å². The number of imide groups is 1. The SMILES string of the molecule is CN(C)c1ccc(-c2ccc(-c3nc4cc(NCCOCCOc5ccc6c(c5)CN(C5CCC(=O)NC5=O)C6=O)ccc4s3)c(C(F)(F)F)c2)cn1. The standard InChI is InChI=1S/C38H35F3N6O5S/c1-46(2)33-11-4-23(20-43-33)22-3-7-28(29(18-22)38(39,40)41)36-44-30-19-25(5-10-32(30)53-36)42-13-14-51-15-16-52-26-6-8-27-24(17-26)21-47(37(27)50)31-9-12-34(48)45-35(31)49/h3-8,10-11,17-20,31,42H,9,12-16,21H2,1-2H3,(H,45,48,49). The summed E-state index contributed by atoms with van der Waals surface area (Å²) in [6.07, 6.45) is -2.52. The van der Waals surface area contributed by atoms with Gasteiger partial charge in [-0.2, -0.15) is 13.2 Å². The Hall–Kier alpha value is -5.54. The highest BCUT2D eigenvalue weighted by molar-refractivity contribution is 7.21. The Morgan fingerprint density at radius 1 is 0.962 bits per heavy atom. The van der Waals surface area contributed by atoms with Gasteiger partial charge in [0.25, 0.3) is 5.91 Å². The summed E-state index contributed by atoms with van der Waals surface area (Å²) in [6.45, 7) is 1.70. The molecule has 1 atom stereocenters. The van der Waals surface area contributed by atoms with E-state index in [-0.39, 0.29) is 42.0 Å². The lowest BCUT2D eigenvalue weighted by molar-refractivity contribution is -0.138. The number of nitrogens with zero attached hydrogens (tertiary/aromatic N) is 4. The first kappa shape index (κ1) is 35.8. The molecule has 0 spiro atoms. The number of nitrogens with one attached hydrogen (secondary N) is 2. The van der Waals surface area contributed by atoms with Crippen LogP contribution in [0.3, 0.4) is 0 Å². The van der Waals surface area contributed by atoms with E-state index < -0.39 is 23.7 Å². The van der Waals surface area contributed by atoms with Crippen LogP contribution in [-0.4, -0.2) is 79.1 Å². The summed E-state index contributed by atoms with van der Waals surface area (Å²) in [4.78, 5) is 48.9. The molecule has 11 nitrogen and oxygen atoms in total. The highest BCUT2D eigenvalue weighted by atomic mass is 32.1. The molecule has 3 amide bonds. The first-order valence-electron chi connectivity index (χ1n) is 16.9. The molecule has 1 fully saturated rings. The second kappa shape index (κ2) is 14.8. The van der Waals surface area contributed by atoms with Gasteiger partial charge in [-0.3, -0.25) is 19.7 Å². The predicted octanol–water partition coefficient (Wildman–Crippen LogP) is 6.38. The fraction of sp³-hybridized carbons (Fsp3) is 0.289. The molecule has 1 saturated heterocycles. The third-order valence-corrected chi connectivity index (χ3v) is 10.1. The fourth-order valence-corrected chi connectivity index (χ4v) is 7.33. The number of pyridine rings is 1. The molecule has 2 aliphatic rings. The van der Waals surface area contributed by atoms with Crippen molar-refractivity contribution in [2.45, 2.75) is 31.6 Å². The number of alkyl halides is 3. The lowest BCUT2D eigenvalue weighted by Crippen LogP contribution is -2.52. The number of halogens is 3. The number of rotatable bonds is 12. The monoisotopic (exact) mass is 744 g/mol. The maximum atomic E-state index is 14.3. The molecular formula is C38H35F3N6O5S. The van der Waals surface area contributed by atoms with Crippen molar-refractivity contribution < 1.29 is 37.0 Å². The van der Waals surface area contributed by atoms with Crippen molar-refractivity contribution in [3.05, 3.63) is 89.6 Å². The maximum Gasteiger partial charge on any atom is 0.417 e. The zero-order chi connectivity index (χ0) is 37.3. The molecule has 274 valence electrons. The van der Waals surface area contributed by atoms with E-state index in [1.807, 2.05) is 31.1 Å². The lowest BCUT2D eigenvalue weighted by atomic mass is 10.00. The minimum Gasteiger partial charge on any atom is -0.491 e. The molecule has 3 aromatic carbocycles. The summed E-state index contributed by atoms with van der Waals surface area (Å²) >= 11 is 1.20. The van der Waals surface area contributed by atoms with E-state index in [9.17, 15) is 27.6 Å². The Morgan fingerprint density at radius 2 is 1.77 bits per heavy atom. The molecule has 4 heterocycles. The quantitative estimate of drug-likeness (QED) is 0.111. The van der Waals surface area contributed by atoms with Gasteiger partial charge in [0.15, 0.2) is 0 Å². The van der Waals surface area contributed by atoms with Crippen molar-refractivity contribution >= 4 is 50.8 Å². The highest BCUT2D eigenvalue weighted by Gasteiger charge is 2.39. The van der Waals surface area contributed by atoms with Crippen LogP contribution in [0, 0.1) is 0 Å². The van der Waals surface area contributed by atoms with Crippen LogP contribution in [-0.2, 0) is 27.0 Å². The summed E-state index contributed by atoms with van der Waals surface area (Å²) in [5, 5.41) is 5.84. The molecule has 5 aromatic rings. The van der Waals surface area contributed by atoms with Gasteiger partial charge >= 0.3 is 6.18 Å². The number of piperidine rings is 1. The fourth-order valence-electron chi connectivity index (χ4n) is 6.35. The molecule has 2 aliphatic heterocycles. The van der Waals surface area contributed by atoms with Crippen molar-refractivity contribution in [2.24, 2.45) is 0 Å². The predicted molar refractivity (Wildman–Crippen MR) is 195 cm³/mol. The molecule has 1 unspecified atom stereocenters. The Kier molecular flexibility index (Phi) is 10.0. The van der Waals surface area contributed by atoms with Gasteiger partial charge in [0.2, 0.25) is 11.8 Å². The van der Waals surface area contributed by atoms with Crippen molar-refractivity contribution in [3.8, 4) is 27.4 Å². The second-order valence-corrected chi connectivity index (χ2v) is 13.9. The first-order chi connectivity index (χ1) is 25.4. The normalized spacial score (nSPS) is 15.8. The molecule has 7 rings (SSSR count). The van der Waals surface area contributed by atoms with Crippen molar-refractivity contribution in [1.29, 1.82) is 0 Å². The van der Waals surface area contributed by atoms with Crippen LogP contribution in [0.5, 0.6) is 5.75 Å². The van der Waals surface area contributed by atoms with Gasteiger partial charge in [0.05, 0.1) is 29.0 Å². The minimum atomic E-state index is -4.58. The highest BCUT2D eigenvalue weighted by Crippen LogP contribution is 2.42. The number of anilines is 2. The number of ether oxygens (including phenoxy) is 2.